The zero-order chi connectivity index (χ0) is 34.2. The van der Waals surface area contributed by atoms with Gasteiger partial charge in [0.05, 0.1) is 35.2 Å². The molecular weight excluding hydrogens is 680 g/mol. The van der Waals surface area contributed by atoms with Crippen LogP contribution in [-0.4, -0.2) is 41.7 Å². The molecule has 9 nitrogen and oxygen atoms in total. The van der Waals surface area contributed by atoms with Crippen LogP contribution in [0.2, 0.25) is 0 Å². The van der Waals surface area contributed by atoms with E-state index in [0.29, 0.717) is 23.6 Å². The van der Waals surface area contributed by atoms with E-state index in [0.717, 1.165) is 37.8 Å². The molecule has 2 aliphatic carbocycles. The predicted molar refractivity (Wildman–Crippen MR) is 176 cm³/mol. The number of thiazole rings is 1. The molecule has 8 rings (SSSR count). The van der Waals surface area contributed by atoms with Crippen molar-refractivity contribution in [3.05, 3.63) is 98.5 Å². The highest BCUT2D eigenvalue weighted by atomic mass is 32.2. The summed E-state index contributed by atoms with van der Waals surface area (Å²) in [4.78, 5) is 57.2. The van der Waals surface area contributed by atoms with E-state index in [1.165, 1.54) is 30.0 Å². The van der Waals surface area contributed by atoms with Gasteiger partial charge in [-0.1, -0.05) is 35.6 Å². The van der Waals surface area contributed by atoms with Crippen LogP contribution in [0.4, 0.5) is 24.5 Å². The van der Waals surface area contributed by atoms with Crippen LogP contribution in [0.15, 0.2) is 82.6 Å². The zero-order valence-corrected chi connectivity index (χ0v) is 27.4. The lowest BCUT2D eigenvalue weighted by Gasteiger charge is -2.43. The number of benzene rings is 3. The number of alkyl halides is 3. The number of halogens is 3. The molecule has 3 heterocycles. The van der Waals surface area contributed by atoms with Crippen molar-refractivity contribution in [2.24, 2.45) is 29.6 Å². The fraction of sp³-hybridized carbons (Fsp3) is 0.314. The number of aromatic amines is 1. The van der Waals surface area contributed by atoms with Gasteiger partial charge in [0.1, 0.15) is 11.5 Å². The van der Waals surface area contributed by atoms with Crippen LogP contribution in [0.5, 0.6) is 11.5 Å². The van der Waals surface area contributed by atoms with E-state index in [1.807, 2.05) is 12.1 Å². The lowest BCUT2D eigenvalue weighted by Crippen LogP contribution is -2.42. The van der Waals surface area contributed by atoms with Gasteiger partial charge in [-0.15, -0.1) is 11.8 Å². The summed E-state index contributed by atoms with van der Waals surface area (Å²) in [6.45, 7) is -0.226. The second-order valence-electron chi connectivity index (χ2n) is 12.6. The van der Waals surface area contributed by atoms with Gasteiger partial charge in [-0.3, -0.25) is 19.2 Å². The normalized spacial score (nSPS) is 26.7. The number of anilines is 2. The molecule has 2 saturated carbocycles. The van der Waals surface area contributed by atoms with Crippen LogP contribution < -0.4 is 24.6 Å². The molecule has 2 bridgehead atoms. The maximum Gasteiger partial charge on any atom is 0.418 e. The van der Waals surface area contributed by atoms with Crippen molar-refractivity contribution in [1.82, 2.24) is 4.98 Å². The van der Waals surface area contributed by atoms with Gasteiger partial charge in [-0.25, -0.2) is 4.90 Å². The van der Waals surface area contributed by atoms with Crippen molar-refractivity contribution in [3.63, 3.8) is 0 Å². The number of carbonyl (C=O) groups is 3. The third-order valence-electron chi connectivity index (χ3n) is 10.2. The Hall–Kier alpha value is -4.56. The number of para-hydroxylation sites is 1. The van der Waals surface area contributed by atoms with Crippen molar-refractivity contribution < 1.29 is 37.0 Å². The molecule has 4 aliphatic rings. The van der Waals surface area contributed by atoms with Crippen LogP contribution in [-0.2, 0) is 20.6 Å². The first kappa shape index (κ1) is 31.7. The van der Waals surface area contributed by atoms with Crippen LogP contribution in [0, 0.1) is 29.6 Å². The number of thioether (sulfide) groups is 1. The Kier molecular flexibility index (Phi) is 7.63. The van der Waals surface area contributed by atoms with Crippen molar-refractivity contribution in [2.75, 3.05) is 23.9 Å². The number of methoxy groups -OCH3 is 1. The molecule has 3 aromatic carbocycles. The standard InChI is InChI=1S/C35H28F3N3O6S2/c1-46-18-12-8-17(9-13-18)39-24(42)15-47-19-10-6-16(7-11-19)25-26-20-14-21(29(26)48-31-30(25)49-34(45)40-31)28-27(20)32(43)41(33(28)44)23-5-3-2-4-22(23)35(36,37)38/h2-13,20-21,25-29H,14-15H2,1H3,(H,39,42)(H,40,45)/t20-,21-,25-,26?,27?,28?,29?/m1/s1. The highest BCUT2D eigenvalue weighted by Crippen LogP contribution is 2.69. The van der Waals surface area contributed by atoms with Crippen molar-refractivity contribution >= 4 is 52.2 Å². The van der Waals surface area contributed by atoms with Crippen molar-refractivity contribution in [3.8, 4) is 11.5 Å². The molecule has 1 aromatic heterocycles. The SMILES string of the molecule is COc1ccc(NC(=O)COc2ccc([C@H]3c4sc(=O)[nH]c4SC4C3[C@H]3C[C@@H]4C4C(=O)N(c5ccccc5C(F)(F)F)C(=O)C43)cc2)cc1. The molecule has 2 aliphatic heterocycles. The van der Waals surface area contributed by atoms with Gasteiger partial charge in [-0.2, -0.15) is 13.2 Å². The van der Waals surface area contributed by atoms with Gasteiger partial charge in [-0.05, 0) is 78.3 Å². The Morgan fingerprint density at radius 2 is 1.61 bits per heavy atom. The maximum atomic E-state index is 14.0. The van der Waals surface area contributed by atoms with E-state index in [4.69, 9.17) is 9.47 Å². The average molecular weight is 708 g/mol. The minimum absolute atomic E-state index is 0.124. The lowest BCUT2D eigenvalue weighted by molar-refractivity contribution is -0.137. The van der Waals surface area contributed by atoms with Crippen LogP contribution >= 0.6 is 23.1 Å². The summed E-state index contributed by atoms with van der Waals surface area (Å²) in [5, 5.41) is 3.36. The Bertz CT molecular complexity index is 2030. The zero-order valence-electron chi connectivity index (χ0n) is 25.7. The molecule has 0 spiro atoms. The summed E-state index contributed by atoms with van der Waals surface area (Å²) < 4.78 is 52.7. The number of nitrogens with one attached hydrogen (secondary N) is 2. The number of amides is 3. The fourth-order valence-corrected chi connectivity index (χ4v) is 11.2. The third-order valence-corrected chi connectivity index (χ3v) is 12.7. The molecule has 3 fully saturated rings. The third kappa shape index (κ3) is 5.23. The van der Waals surface area contributed by atoms with Crippen LogP contribution in [0.1, 0.15) is 28.3 Å². The van der Waals surface area contributed by atoms with E-state index < -0.39 is 41.1 Å². The summed E-state index contributed by atoms with van der Waals surface area (Å²) in [6, 6.07) is 18.9. The van der Waals surface area contributed by atoms with Gasteiger partial charge < -0.3 is 19.8 Å². The van der Waals surface area contributed by atoms with E-state index in [1.54, 1.807) is 43.5 Å². The van der Waals surface area contributed by atoms with Gasteiger partial charge in [0, 0.05) is 21.7 Å². The minimum atomic E-state index is -4.74. The largest absolute Gasteiger partial charge is 0.497 e. The summed E-state index contributed by atoms with van der Waals surface area (Å²) >= 11 is 2.61. The summed E-state index contributed by atoms with van der Waals surface area (Å²) in [6.07, 6.45) is -4.14. The molecule has 252 valence electrons. The number of hydrogen-bond donors (Lipinski definition) is 2. The van der Waals surface area contributed by atoms with E-state index >= 15 is 0 Å². The fourth-order valence-electron chi connectivity index (χ4n) is 8.33. The quantitative estimate of drug-likeness (QED) is 0.221. The number of ether oxygens (including phenoxy) is 2. The highest BCUT2D eigenvalue weighted by molar-refractivity contribution is 8.00. The monoisotopic (exact) mass is 707 g/mol. The number of hydrogen-bond acceptors (Lipinski definition) is 8. The Labute approximate surface area is 285 Å². The Morgan fingerprint density at radius 3 is 2.31 bits per heavy atom. The van der Waals surface area contributed by atoms with Gasteiger partial charge >= 0.3 is 11.0 Å². The van der Waals surface area contributed by atoms with Crippen LogP contribution in [0.25, 0.3) is 0 Å². The van der Waals surface area contributed by atoms with Gasteiger partial charge in [0.2, 0.25) is 11.8 Å². The Morgan fingerprint density at radius 1 is 0.939 bits per heavy atom. The molecule has 7 atom stereocenters. The first-order valence-corrected chi connectivity index (χ1v) is 17.3. The maximum absolute atomic E-state index is 14.0. The van der Waals surface area contributed by atoms with Crippen molar-refractivity contribution in [1.29, 1.82) is 0 Å². The topological polar surface area (TPSA) is 118 Å². The second-order valence-corrected chi connectivity index (χ2v) is 14.8. The molecule has 3 amide bonds. The summed E-state index contributed by atoms with van der Waals surface area (Å²) in [5.41, 5.74) is 0.0256. The number of H-pyrrole nitrogens is 1. The van der Waals surface area contributed by atoms with Gasteiger partial charge in [0.25, 0.3) is 5.91 Å². The Balaban J connectivity index is 1.05. The molecule has 14 heteroatoms. The number of nitrogens with zero attached hydrogens (tertiary/aromatic N) is 1. The molecular formula is C35H28F3N3O6S2. The average Bonchev–Trinajstić information content (AvgIpc) is 3.82. The summed E-state index contributed by atoms with van der Waals surface area (Å²) in [5.74, 6) is -2.78. The van der Waals surface area contributed by atoms with Crippen LogP contribution in [0.3, 0.4) is 0 Å². The predicted octanol–water partition coefficient (Wildman–Crippen LogP) is 6.16. The molecule has 4 aromatic rings. The minimum Gasteiger partial charge on any atom is -0.497 e. The second kappa shape index (κ2) is 11.8. The number of rotatable bonds is 7. The van der Waals surface area contributed by atoms with E-state index in [-0.39, 0.29) is 46.3 Å². The number of aromatic nitrogens is 1. The number of fused-ring (bicyclic) bond motifs is 9. The molecule has 49 heavy (non-hydrogen) atoms. The first-order valence-electron chi connectivity index (χ1n) is 15.6. The smallest absolute Gasteiger partial charge is 0.418 e. The highest BCUT2D eigenvalue weighted by Gasteiger charge is 2.70. The number of imide groups is 1. The summed E-state index contributed by atoms with van der Waals surface area (Å²) in [7, 11) is 1.56. The molecule has 1 saturated heterocycles. The molecule has 4 unspecified atom stereocenters. The molecule has 0 radical (unpaired) electrons. The first-order chi connectivity index (χ1) is 23.5. The van der Waals surface area contributed by atoms with Gasteiger partial charge in [0.15, 0.2) is 6.61 Å². The van der Waals surface area contributed by atoms with Crippen molar-refractivity contribution in [2.45, 2.75) is 28.8 Å². The van der Waals surface area contributed by atoms with E-state index in [9.17, 15) is 32.3 Å². The van der Waals surface area contributed by atoms with E-state index in [2.05, 4.69) is 10.3 Å². The lowest BCUT2D eigenvalue weighted by atomic mass is 9.68. The molecule has 2 N–H and O–H groups in total. The number of carbonyl (C=O) groups excluding carboxylic acids is 3.